The zero-order chi connectivity index (χ0) is 24.6. The van der Waals surface area contributed by atoms with Crippen molar-refractivity contribution in [2.45, 2.75) is 6.18 Å². The molecule has 0 saturated heterocycles. The summed E-state index contributed by atoms with van der Waals surface area (Å²) in [6, 6.07) is 11.7. The van der Waals surface area contributed by atoms with Gasteiger partial charge in [-0.3, -0.25) is 9.78 Å². The highest BCUT2D eigenvalue weighted by atomic mass is 35.5. The number of carbonyl (C=O) groups is 1. The van der Waals surface area contributed by atoms with E-state index < -0.39 is 11.7 Å². The molecule has 0 radical (unpaired) electrons. The Morgan fingerprint density at radius 2 is 1.82 bits per heavy atom. The lowest BCUT2D eigenvalue weighted by molar-refractivity contribution is -0.136. The molecule has 0 unspecified atom stereocenters. The summed E-state index contributed by atoms with van der Waals surface area (Å²) in [7, 11) is 4.93. The van der Waals surface area contributed by atoms with Crippen molar-refractivity contribution >= 4 is 40.2 Å². The highest BCUT2D eigenvalue weighted by molar-refractivity contribution is 6.30. The van der Waals surface area contributed by atoms with E-state index in [1.165, 1.54) is 29.3 Å². The van der Waals surface area contributed by atoms with Gasteiger partial charge in [-0.25, -0.2) is 4.98 Å². The van der Waals surface area contributed by atoms with Gasteiger partial charge in [0.25, 0.3) is 5.91 Å². The van der Waals surface area contributed by atoms with Crippen molar-refractivity contribution in [1.82, 2.24) is 19.4 Å². The molecule has 34 heavy (non-hydrogen) atoms. The van der Waals surface area contributed by atoms with Crippen molar-refractivity contribution in [2.24, 2.45) is 7.05 Å². The second-order valence-electron chi connectivity index (χ2n) is 7.64. The molecule has 176 valence electrons. The molecule has 2 aromatic heterocycles. The maximum Gasteiger partial charge on any atom is 0.418 e. The molecule has 0 aliphatic carbocycles. The molecule has 0 aliphatic heterocycles. The van der Waals surface area contributed by atoms with Crippen molar-refractivity contribution in [2.75, 3.05) is 19.4 Å². The van der Waals surface area contributed by atoms with Gasteiger partial charge in [-0.15, -0.1) is 0 Å². The monoisotopic (exact) mass is 489 g/mol. The number of halogens is 4. The highest BCUT2D eigenvalue weighted by Crippen LogP contribution is 2.38. The molecule has 2 aromatic carbocycles. The van der Waals surface area contributed by atoms with Crippen LogP contribution in [0.25, 0.3) is 11.0 Å². The minimum Gasteiger partial charge on any atom is -0.457 e. The lowest BCUT2D eigenvalue weighted by Gasteiger charge is -2.14. The molecule has 7 nitrogen and oxygen atoms in total. The molecule has 1 amide bonds. The van der Waals surface area contributed by atoms with Gasteiger partial charge < -0.3 is 19.5 Å². The number of aromatic nitrogens is 3. The van der Waals surface area contributed by atoms with Crippen LogP contribution in [0.15, 0.2) is 54.7 Å². The van der Waals surface area contributed by atoms with Gasteiger partial charge in [0.1, 0.15) is 17.2 Å². The molecule has 4 rings (SSSR count). The number of pyridine rings is 1. The van der Waals surface area contributed by atoms with Crippen LogP contribution in [-0.4, -0.2) is 39.4 Å². The third kappa shape index (κ3) is 4.76. The number of nitrogens with one attached hydrogen (secondary N) is 1. The topological polar surface area (TPSA) is 72.3 Å². The van der Waals surface area contributed by atoms with Gasteiger partial charge >= 0.3 is 6.18 Å². The Bertz CT molecular complexity index is 1390. The average Bonchev–Trinajstić information content (AvgIpc) is 3.08. The summed E-state index contributed by atoms with van der Waals surface area (Å²) in [4.78, 5) is 22.0. The first-order valence-electron chi connectivity index (χ1n) is 9.99. The summed E-state index contributed by atoms with van der Waals surface area (Å²) in [6.07, 6.45) is -3.12. The Morgan fingerprint density at radius 3 is 2.53 bits per heavy atom. The van der Waals surface area contributed by atoms with E-state index in [0.717, 1.165) is 6.07 Å². The number of hydrogen-bond acceptors (Lipinski definition) is 5. The smallest absolute Gasteiger partial charge is 0.418 e. The third-order valence-corrected chi connectivity index (χ3v) is 5.21. The summed E-state index contributed by atoms with van der Waals surface area (Å²) in [6.45, 7) is 0. The maximum atomic E-state index is 13.4. The fraction of sp³-hybridized carbons (Fsp3) is 0.174. The Hall–Kier alpha value is -3.79. The number of hydrogen-bond donors (Lipinski definition) is 1. The van der Waals surface area contributed by atoms with Crippen molar-refractivity contribution in [3.05, 3.63) is 71.0 Å². The summed E-state index contributed by atoms with van der Waals surface area (Å²) < 4.78 is 47.8. The molecule has 4 aromatic rings. The van der Waals surface area contributed by atoms with Gasteiger partial charge in [-0.1, -0.05) is 11.6 Å². The minimum atomic E-state index is -4.59. The van der Waals surface area contributed by atoms with Crippen molar-refractivity contribution in [3.63, 3.8) is 0 Å². The van der Waals surface area contributed by atoms with Crippen LogP contribution in [0, 0.1) is 0 Å². The molecule has 2 heterocycles. The van der Waals surface area contributed by atoms with Gasteiger partial charge in [0.2, 0.25) is 5.95 Å². The highest BCUT2D eigenvalue weighted by Gasteiger charge is 2.34. The number of ether oxygens (including phenoxy) is 1. The zero-order valence-electron chi connectivity index (χ0n) is 18.3. The van der Waals surface area contributed by atoms with E-state index in [9.17, 15) is 18.0 Å². The molecular weight excluding hydrogens is 471 g/mol. The molecule has 0 fully saturated rings. The standard InChI is InChI=1S/C23H19ClF3N5O2/c1-31(2)21(33)19-12-15(8-9-28-19)34-14-5-7-20-18(11-14)30-22(32(20)3)29-17-6-4-13(24)10-16(17)23(25,26)27/h4-12H,1-3H3,(H,29,30). The Kier molecular flexibility index (Phi) is 6.09. The largest absolute Gasteiger partial charge is 0.457 e. The van der Waals surface area contributed by atoms with E-state index in [1.807, 2.05) is 0 Å². The van der Waals surface area contributed by atoms with Crippen molar-refractivity contribution < 1.29 is 22.7 Å². The SMILES string of the molecule is CN(C)C(=O)c1cc(Oc2ccc3c(c2)nc(Nc2ccc(Cl)cc2C(F)(F)F)n3C)ccn1. The third-order valence-electron chi connectivity index (χ3n) is 4.98. The predicted molar refractivity (Wildman–Crippen MR) is 123 cm³/mol. The van der Waals surface area contributed by atoms with Crippen LogP contribution in [0.3, 0.4) is 0 Å². The molecule has 0 atom stereocenters. The van der Waals surface area contributed by atoms with Gasteiger partial charge in [0, 0.05) is 44.5 Å². The number of benzene rings is 2. The lowest BCUT2D eigenvalue weighted by Crippen LogP contribution is -2.22. The van der Waals surface area contributed by atoms with Crippen LogP contribution in [0.4, 0.5) is 24.8 Å². The predicted octanol–water partition coefficient (Wildman–Crippen LogP) is 5.88. The molecule has 1 N–H and O–H groups in total. The van der Waals surface area contributed by atoms with Gasteiger partial charge in [-0.2, -0.15) is 13.2 Å². The van der Waals surface area contributed by atoms with Crippen molar-refractivity contribution in [1.29, 1.82) is 0 Å². The van der Waals surface area contributed by atoms with E-state index in [0.29, 0.717) is 22.5 Å². The molecule has 0 bridgehead atoms. The average molecular weight is 490 g/mol. The van der Waals surface area contributed by atoms with E-state index in [-0.39, 0.29) is 28.3 Å². The molecule has 11 heteroatoms. The lowest BCUT2D eigenvalue weighted by atomic mass is 10.1. The summed E-state index contributed by atoms with van der Waals surface area (Å²) in [5.41, 5.74) is 0.356. The maximum absolute atomic E-state index is 13.4. The van der Waals surface area contributed by atoms with Crippen LogP contribution in [-0.2, 0) is 13.2 Å². The van der Waals surface area contributed by atoms with Crippen LogP contribution in [0.5, 0.6) is 11.5 Å². The molecule has 0 spiro atoms. The number of anilines is 2. The first-order valence-corrected chi connectivity index (χ1v) is 10.4. The van der Waals surface area contributed by atoms with E-state index in [2.05, 4.69) is 15.3 Å². The van der Waals surface area contributed by atoms with Crippen molar-refractivity contribution in [3.8, 4) is 11.5 Å². The van der Waals surface area contributed by atoms with E-state index >= 15 is 0 Å². The number of rotatable bonds is 5. The second kappa shape index (κ2) is 8.86. The molecule has 0 saturated carbocycles. The van der Waals surface area contributed by atoms with Crippen LogP contribution in [0.1, 0.15) is 16.1 Å². The van der Waals surface area contributed by atoms with Crippen LogP contribution >= 0.6 is 11.6 Å². The summed E-state index contributed by atoms with van der Waals surface area (Å²) >= 11 is 5.76. The first kappa shape index (κ1) is 23.4. The Labute approximate surface area is 197 Å². The summed E-state index contributed by atoms with van der Waals surface area (Å²) in [5.74, 6) is 0.795. The van der Waals surface area contributed by atoms with Gasteiger partial charge in [0.05, 0.1) is 22.3 Å². The number of fused-ring (bicyclic) bond motifs is 1. The quantitative estimate of drug-likeness (QED) is 0.379. The Morgan fingerprint density at radius 1 is 1.09 bits per heavy atom. The normalized spacial score (nSPS) is 11.5. The molecule has 0 aliphatic rings. The number of nitrogens with zero attached hydrogens (tertiary/aromatic N) is 4. The van der Waals surface area contributed by atoms with Gasteiger partial charge in [-0.05, 0) is 36.4 Å². The second-order valence-corrected chi connectivity index (χ2v) is 8.07. The molecular formula is C23H19ClF3N5O2. The van der Waals surface area contributed by atoms with Gasteiger partial charge in [0.15, 0.2) is 0 Å². The number of alkyl halides is 3. The zero-order valence-corrected chi connectivity index (χ0v) is 19.1. The van der Waals surface area contributed by atoms with E-state index in [4.69, 9.17) is 16.3 Å². The fourth-order valence-corrected chi connectivity index (χ4v) is 3.46. The summed E-state index contributed by atoms with van der Waals surface area (Å²) in [5, 5.41) is 2.73. The Balaban J connectivity index is 1.63. The minimum absolute atomic E-state index is 0.0174. The fourth-order valence-electron chi connectivity index (χ4n) is 3.29. The van der Waals surface area contributed by atoms with Crippen LogP contribution < -0.4 is 10.1 Å². The van der Waals surface area contributed by atoms with E-state index in [1.54, 1.807) is 50.0 Å². The number of amides is 1. The first-order chi connectivity index (χ1) is 16.0. The number of carbonyl (C=O) groups excluding carboxylic acids is 1. The number of aryl methyl sites for hydroxylation is 1. The van der Waals surface area contributed by atoms with Crippen LogP contribution in [0.2, 0.25) is 5.02 Å². The number of imidazole rings is 1.